The van der Waals surface area contributed by atoms with Crippen molar-refractivity contribution in [3.05, 3.63) is 71.7 Å². The van der Waals surface area contributed by atoms with Gasteiger partial charge in [-0.2, -0.15) is 0 Å². The van der Waals surface area contributed by atoms with E-state index in [2.05, 4.69) is 9.97 Å². The lowest BCUT2D eigenvalue weighted by molar-refractivity contribution is 0.103. The van der Waals surface area contributed by atoms with Crippen LogP contribution in [-0.4, -0.2) is 15.8 Å². The van der Waals surface area contributed by atoms with E-state index in [4.69, 9.17) is 0 Å². The van der Waals surface area contributed by atoms with Crippen molar-refractivity contribution in [1.82, 2.24) is 9.97 Å². The Morgan fingerprint density at radius 2 is 1.74 bits per heavy atom. The van der Waals surface area contributed by atoms with Gasteiger partial charge in [0.2, 0.25) is 5.78 Å². The predicted molar refractivity (Wildman–Crippen MR) is 74.1 cm³/mol. The molecule has 0 fully saturated rings. The molecule has 3 rings (SSSR count). The third kappa shape index (κ3) is 1.99. The summed E-state index contributed by atoms with van der Waals surface area (Å²) in [4.78, 5) is 21.1. The lowest BCUT2D eigenvalue weighted by Gasteiger charge is -2.06. The number of carbonyl (C=O) groups is 1. The van der Waals surface area contributed by atoms with Gasteiger partial charge in [-0.15, -0.1) is 0 Å². The average Bonchev–Trinajstić information content (AvgIpc) is 2.46. The van der Waals surface area contributed by atoms with Gasteiger partial charge >= 0.3 is 0 Å². The minimum absolute atomic E-state index is 0.0586. The van der Waals surface area contributed by atoms with Crippen molar-refractivity contribution in [2.24, 2.45) is 0 Å². The van der Waals surface area contributed by atoms with Crippen molar-refractivity contribution < 1.29 is 4.79 Å². The monoisotopic (exact) mass is 248 g/mol. The number of benzene rings is 1. The average molecular weight is 248 g/mol. The number of nitrogens with zero attached hydrogens (tertiary/aromatic N) is 2. The van der Waals surface area contributed by atoms with Gasteiger partial charge in [0.25, 0.3) is 0 Å². The molecule has 0 aliphatic rings. The maximum absolute atomic E-state index is 12.6. The number of pyridine rings is 2. The highest BCUT2D eigenvalue weighted by Crippen LogP contribution is 2.20. The van der Waals surface area contributed by atoms with E-state index in [0.717, 1.165) is 16.5 Å². The van der Waals surface area contributed by atoms with Gasteiger partial charge in [0, 0.05) is 23.3 Å². The molecule has 0 bridgehead atoms. The van der Waals surface area contributed by atoms with Gasteiger partial charge in [0.05, 0.1) is 5.52 Å². The fraction of sp³-hybridized carbons (Fsp3) is 0.0625. The van der Waals surface area contributed by atoms with Crippen LogP contribution in [0.5, 0.6) is 0 Å². The summed E-state index contributed by atoms with van der Waals surface area (Å²) < 4.78 is 0. The molecule has 0 aliphatic carbocycles. The minimum Gasteiger partial charge on any atom is -0.287 e. The normalized spacial score (nSPS) is 10.6. The maximum atomic E-state index is 12.6. The first-order valence-corrected chi connectivity index (χ1v) is 6.07. The molecule has 92 valence electrons. The number of ketones is 1. The van der Waals surface area contributed by atoms with Crippen LogP contribution in [0.1, 0.15) is 21.6 Å². The molecule has 0 saturated carbocycles. The number of aromatic nitrogens is 2. The molecule has 2 aromatic heterocycles. The van der Waals surface area contributed by atoms with E-state index < -0.39 is 0 Å². The smallest absolute Gasteiger partial charge is 0.212 e. The van der Waals surface area contributed by atoms with Gasteiger partial charge in [0.15, 0.2) is 0 Å². The Labute approximate surface area is 111 Å². The standard InChI is InChI=1S/C16H12N2O/c1-11-5-3-10-18-15(11)16(19)13-6-2-8-14-12(13)7-4-9-17-14/h2-10H,1H3. The van der Waals surface area contributed by atoms with E-state index in [-0.39, 0.29) is 5.78 Å². The summed E-state index contributed by atoms with van der Waals surface area (Å²) in [6, 6.07) is 13.0. The fourth-order valence-corrected chi connectivity index (χ4v) is 2.15. The van der Waals surface area contributed by atoms with Crippen LogP contribution in [0.25, 0.3) is 10.9 Å². The molecule has 0 N–H and O–H groups in total. The Bertz CT molecular complexity index is 760. The second-order valence-electron chi connectivity index (χ2n) is 4.37. The number of carbonyl (C=O) groups excluding carboxylic acids is 1. The summed E-state index contributed by atoms with van der Waals surface area (Å²) in [6.45, 7) is 1.89. The molecular weight excluding hydrogens is 236 g/mol. The van der Waals surface area contributed by atoms with Crippen LogP contribution >= 0.6 is 0 Å². The number of rotatable bonds is 2. The third-order valence-electron chi connectivity index (χ3n) is 3.11. The molecule has 19 heavy (non-hydrogen) atoms. The van der Waals surface area contributed by atoms with Crippen LogP contribution in [0.15, 0.2) is 54.9 Å². The molecule has 0 aliphatic heterocycles. The molecule has 0 radical (unpaired) electrons. The van der Waals surface area contributed by atoms with Gasteiger partial charge in [-0.3, -0.25) is 14.8 Å². The summed E-state index contributed by atoms with van der Waals surface area (Å²) in [7, 11) is 0. The van der Waals surface area contributed by atoms with Crippen LogP contribution in [0.2, 0.25) is 0 Å². The molecule has 0 unspecified atom stereocenters. The van der Waals surface area contributed by atoms with Crippen LogP contribution in [0.3, 0.4) is 0 Å². The molecule has 3 heteroatoms. The highest BCUT2D eigenvalue weighted by atomic mass is 16.1. The van der Waals surface area contributed by atoms with Gasteiger partial charge in [-0.25, -0.2) is 0 Å². The first-order chi connectivity index (χ1) is 9.27. The quantitative estimate of drug-likeness (QED) is 0.654. The first-order valence-electron chi connectivity index (χ1n) is 6.07. The van der Waals surface area contributed by atoms with Crippen LogP contribution in [0.4, 0.5) is 0 Å². The fourth-order valence-electron chi connectivity index (χ4n) is 2.15. The van der Waals surface area contributed by atoms with Crippen LogP contribution in [0, 0.1) is 6.92 Å². The summed E-state index contributed by atoms with van der Waals surface area (Å²) in [6.07, 6.45) is 3.37. The highest BCUT2D eigenvalue weighted by Gasteiger charge is 2.15. The van der Waals surface area contributed by atoms with Crippen molar-refractivity contribution in [2.45, 2.75) is 6.92 Å². The van der Waals surface area contributed by atoms with Crippen molar-refractivity contribution >= 4 is 16.7 Å². The summed E-state index contributed by atoms with van der Waals surface area (Å²) in [5.41, 5.74) is 2.85. The van der Waals surface area contributed by atoms with E-state index in [0.29, 0.717) is 11.3 Å². The predicted octanol–water partition coefficient (Wildman–Crippen LogP) is 3.17. The Balaban J connectivity index is 2.20. The van der Waals surface area contributed by atoms with Gasteiger partial charge in [0.1, 0.15) is 5.69 Å². The Hall–Kier alpha value is -2.55. The highest BCUT2D eigenvalue weighted by molar-refractivity contribution is 6.15. The molecule has 3 nitrogen and oxygen atoms in total. The van der Waals surface area contributed by atoms with Gasteiger partial charge < -0.3 is 0 Å². The first kappa shape index (κ1) is 11.5. The topological polar surface area (TPSA) is 42.9 Å². The second-order valence-corrected chi connectivity index (χ2v) is 4.37. The largest absolute Gasteiger partial charge is 0.287 e. The lowest BCUT2D eigenvalue weighted by Crippen LogP contribution is -2.07. The summed E-state index contributed by atoms with van der Waals surface area (Å²) >= 11 is 0. The van der Waals surface area contributed by atoms with Crippen molar-refractivity contribution in [2.75, 3.05) is 0 Å². The number of hydrogen-bond donors (Lipinski definition) is 0. The Morgan fingerprint density at radius 3 is 2.58 bits per heavy atom. The lowest BCUT2D eigenvalue weighted by atomic mass is 10.0. The Kier molecular flexibility index (Phi) is 2.80. The molecule has 0 saturated heterocycles. The molecular formula is C16H12N2O. The molecule has 0 spiro atoms. The third-order valence-corrected chi connectivity index (χ3v) is 3.11. The maximum Gasteiger partial charge on any atom is 0.212 e. The molecule has 3 aromatic rings. The van der Waals surface area contributed by atoms with Gasteiger partial charge in [-0.1, -0.05) is 24.3 Å². The van der Waals surface area contributed by atoms with E-state index in [1.165, 1.54) is 0 Å². The molecule has 1 aromatic carbocycles. The van der Waals surface area contributed by atoms with Crippen LogP contribution < -0.4 is 0 Å². The minimum atomic E-state index is -0.0586. The van der Waals surface area contributed by atoms with E-state index in [1.807, 2.05) is 49.4 Å². The van der Waals surface area contributed by atoms with Crippen molar-refractivity contribution in [1.29, 1.82) is 0 Å². The van der Waals surface area contributed by atoms with Crippen LogP contribution in [-0.2, 0) is 0 Å². The molecule has 2 heterocycles. The number of aryl methyl sites for hydroxylation is 1. The van der Waals surface area contributed by atoms with Crippen molar-refractivity contribution in [3.63, 3.8) is 0 Å². The van der Waals surface area contributed by atoms with E-state index in [1.54, 1.807) is 12.4 Å². The van der Waals surface area contributed by atoms with E-state index in [9.17, 15) is 4.79 Å². The number of hydrogen-bond acceptors (Lipinski definition) is 3. The SMILES string of the molecule is Cc1cccnc1C(=O)c1cccc2ncccc12. The summed E-state index contributed by atoms with van der Waals surface area (Å²) in [5, 5.41) is 0.861. The second kappa shape index (κ2) is 4.61. The molecule has 0 atom stereocenters. The van der Waals surface area contributed by atoms with E-state index >= 15 is 0 Å². The zero-order chi connectivity index (χ0) is 13.2. The number of fused-ring (bicyclic) bond motifs is 1. The Morgan fingerprint density at radius 1 is 0.947 bits per heavy atom. The zero-order valence-corrected chi connectivity index (χ0v) is 10.5. The van der Waals surface area contributed by atoms with Crippen molar-refractivity contribution in [3.8, 4) is 0 Å². The zero-order valence-electron chi connectivity index (χ0n) is 10.5. The summed E-state index contributed by atoms with van der Waals surface area (Å²) in [5.74, 6) is -0.0586. The molecule has 0 amide bonds. The van der Waals surface area contributed by atoms with Gasteiger partial charge in [-0.05, 0) is 30.7 Å².